The number of hydrogen-bond acceptors (Lipinski definition) is 2. The van der Waals surface area contributed by atoms with Crippen LogP contribution in [0.2, 0.25) is 0 Å². The molecule has 3 fully saturated rings. The van der Waals surface area contributed by atoms with Gasteiger partial charge in [-0.2, -0.15) is 0 Å². The summed E-state index contributed by atoms with van der Waals surface area (Å²) in [5.41, 5.74) is 0.589. The van der Waals surface area contributed by atoms with Crippen LogP contribution in [-0.4, -0.2) is 37.2 Å². The lowest BCUT2D eigenvalue weighted by molar-refractivity contribution is 0.0182. The van der Waals surface area contributed by atoms with E-state index in [0.717, 1.165) is 25.2 Å². The fraction of sp³-hybridized carbons (Fsp3) is 1.00. The van der Waals surface area contributed by atoms with Gasteiger partial charge in [-0.25, -0.2) is 0 Å². The summed E-state index contributed by atoms with van der Waals surface area (Å²) >= 11 is 0. The number of rotatable bonds is 1. The topological polar surface area (TPSA) is 12.5 Å². The third kappa shape index (κ3) is 1.83. The Morgan fingerprint density at radius 2 is 1.87 bits per heavy atom. The summed E-state index contributed by atoms with van der Waals surface area (Å²) in [5.74, 6) is 0.987. The number of nitrogens with zero attached hydrogens (tertiary/aromatic N) is 1. The molecule has 0 aromatic heterocycles. The molecule has 3 rings (SSSR count). The molecule has 0 aromatic carbocycles. The zero-order valence-corrected chi connectivity index (χ0v) is 9.87. The average Bonchev–Trinajstić information content (AvgIpc) is 2.64. The summed E-state index contributed by atoms with van der Waals surface area (Å²) in [5, 5.41) is 0. The van der Waals surface area contributed by atoms with Gasteiger partial charge in [-0.3, -0.25) is 0 Å². The van der Waals surface area contributed by atoms with Crippen LogP contribution in [0.1, 0.15) is 39.0 Å². The molecule has 0 N–H and O–H groups in total. The SMILES string of the molecule is CC1CC(N2CCC3(CCOC3)CC2)C1. The predicted molar refractivity (Wildman–Crippen MR) is 60.9 cm³/mol. The van der Waals surface area contributed by atoms with E-state index in [-0.39, 0.29) is 0 Å². The standard InChI is InChI=1S/C13H23NO/c1-11-8-12(9-11)14-5-2-13(3-6-14)4-7-15-10-13/h11-12H,2-10H2,1H3. The normalized spacial score (nSPS) is 40.6. The van der Waals surface area contributed by atoms with Crippen molar-refractivity contribution in [2.75, 3.05) is 26.3 Å². The van der Waals surface area contributed by atoms with Crippen LogP contribution >= 0.6 is 0 Å². The number of hydrogen-bond donors (Lipinski definition) is 0. The maximum absolute atomic E-state index is 5.57. The van der Waals surface area contributed by atoms with Crippen molar-refractivity contribution >= 4 is 0 Å². The molecule has 2 saturated heterocycles. The molecule has 1 spiro atoms. The Balaban J connectivity index is 1.52. The van der Waals surface area contributed by atoms with Crippen LogP contribution < -0.4 is 0 Å². The van der Waals surface area contributed by atoms with Crippen molar-refractivity contribution in [2.45, 2.75) is 45.1 Å². The minimum absolute atomic E-state index is 0.589. The van der Waals surface area contributed by atoms with Crippen molar-refractivity contribution in [2.24, 2.45) is 11.3 Å². The van der Waals surface area contributed by atoms with E-state index in [1.807, 2.05) is 0 Å². The molecule has 0 aromatic rings. The number of ether oxygens (including phenoxy) is 1. The largest absolute Gasteiger partial charge is 0.381 e. The highest BCUT2D eigenvalue weighted by Gasteiger charge is 2.41. The predicted octanol–water partition coefficient (Wildman–Crippen LogP) is 2.29. The Morgan fingerprint density at radius 1 is 1.13 bits per heavy atom. The van der Waals surface area contributed by atoms with E-state index in [4.69, 9.17) is 4.74 Å². The minimum Gasteiger partial charge on any atom is -0.381 e. The zero-order valence-electron chi connectivity index (χ0n) is 9.87. The molecule has 3 aliphatic rings. The van der Waals surface area contributed by atoms with Gasteiger partial charge in [0, 0.05) is 12.6 Å². The lowest BCUT2D eigenvalue weighted by Gasteiger charge is -2.47. The van der Waals surface area contributed by atoms with E-state index in [0.29, 0.717) is 5.41 Å². The van der Waals surface area contributed by atoms with Gasteiger partial charge in [-0.15, -0.1) is 0 Å². The molecule has 1 aliphatic carbocycles. The average molecular weight is 209 g/mol. The summed E-state index contributed by atoms with van der Waals surface area (Å²) < 4.78 is 5.57. The molecule has 2 heteroatoms. The Bertz CT molecular complexity index is 219. The van der Waals surface area contributed by atoms with Crippen LogP contribution in [-0.2, 0) is 4.74 Å². The molecule has 0 bridgehead atoms. The van der Waals surface area contributed by atoms with Gasteiger partial charge >= 0.3 is 0 Å². The highest BCUT2D eigenvalue weighted by Crippen LogP contribution is 2.41. The zero-order chi connectivity index (χ0) is 10.3. The molecule has 2 nitrogen and oxygen atoms in total. The fourth-order valence-corrected chi connectivity index (χ4v) is 3.57. The lowest BCUT2D eigenvalue weighted by Crippen LogP contribution is -2.50. The minimum atomic E-state index is 0.589. The molecule has 15 heavy (non-hydrogen) atoms. The molecular formula is C13H23NO. The van der Waals surface area contributed by atoms with Gasteiger partial charge < -0.3 is 9.64 Å². The van der Waals surface area contributed by atoms with Crippen LogP contribution in [0.3, 0.4) is 0 Å². The Labute approximate surface area is 93.0 Å². The van der Waals surface area contributed by atoms with Crippen LogP contribution in [0.5, 0.6) is 0 Å². The summed E-state index contributed by atoms with van der Waals surface area (Å²) in [6, 6.07) is 0.930. The Hall–Kier alpha value is -0.0800. The molecule has 2 heterocycles. The van der Waals surface area contributed by atoms with E-state index in [9.17, 15) is 0 Å². The smallest absolute Gasteiger partial charge is 0.0524 e. The van der Waals surface area contributed by atoms with Gasteiger partial charge in [-0.1, -0.05) is 6.92 Å². The highest BCUT2D eigenvalue weighted by molar-refractivity contribution is 4.93. The third-order valence-electron chi connectivity index (χ3n) is 4.91. The summed E-state index contributed by atoms with van der Waals surface area (Å²) in [7, 11) is 0. The second kappa shape index (κ2) is 3.74. The maximum Gasteiger partial charge on any atom is 0.0524 e. The molecule has 0 radical (unpaired) electrons. The van der Waals surface area contributed by atoms with E-state index < -0.39 is 0 Å². The second-order valence-electron chi connectivity index (χ2n) is 6.07. The maximum atomic E-state index is 5.57. The van der Waals surface area contributed by atoms with Crippen molar-refractivity contribution in [1.29, 1.82) is 0 Å². The Morgan fingerprint density at radius 3 is 2.40 bits per heavy atom. The molecule has 2 aliphatic heterocycles. The first-order valence-corrected chi connectivity index (χ1v) is 6.59. The van der Waals surface area contributed by atoms with Crippen LogP contribution in [0, 0.1) is 11.3 Å². The fourth-order valence-electron chi connectivity index (χ4n) is 3.57. The van der Waals surface area contributed by atoms with Crippen molar-refractivity contribution < 1.29 is 4.74 Å². The quantitative estimate of drug-likeness (QED) is 0.657. The molecule has 0 unspecified atom stereocenters. The van der Waals surface area contributed by atoms with Gasteiger partial charge in [0.2, 0.25) is 0 Å². The van der Waals surface area contributed by atoms with Crippen LogP contribution in [0.15, 0.2) is 0 Å². The molecular weight excluding hydrogens is 186 g/mol. The third-order valence-corrected chi connectivity index (χ3v) is 4.91. The van der Waals surface area contributed by atoms with Gasteiger partial charge in [0.25, 0.3) is 0 Å². The van der Waals surface area contributed by atoms with Gasteiger partial charge in [0.15, 0.2) is 0 Å². The molecule has 1 saturated carbocycles. The highest BCUT2D eigenvalue weighted by atomic mass is 16.5. The first-order chi connectivity index (χ1) is 7.27. The Kier molecular flexibility index (Phi) is 2.52. The molecule has 0 atom stereocenters. The van der Waals surface area contributed by atoms with Gasteiger partial charge in [0.1, 0.15) is 0 Å². The van der Waals surface area contributed by atoms with E-state index in [1.165, 1.54) is 45.2 Å². The molecule has 0 amide bonds. The number of likely N-dealkylation sites (tertiary alicyclic amines) is 1. The van der Waals surface area contributed by atoms with Gasteiger partial charge in [-0.05, 0) is 56.5 Å². The van der Waals surface area contributed by atoms with Gasteiger partial charge in [0.05, 0.1) is 6.61 Å². The van der Waals surface area contributed by atoms with Crippen molar-refractivity contribution in [3.63, 3.8) is 0 Å². The summed E-state index contributed by atoms with van der Waals surface area (Å²) in [6.45, 7) is 7.11. The summed E-state index contributed by atoms with van der Waals surface area (Å²) in [4.78, 5) is 2.74. The van der Waals surface area contributed by atoms with Crippen molar-refractivity contribution in [3.05, 3.63) is 0 Å². The first kappa shape index (κ1) is 10.1. The van der Waals surface area contributed by atoms with E-state index >= 15 is 0 Å². The van der Waals surface area contributed by atoms with Crippen LogP contribution in [0.4, 0.5) is 0 Å². The summed E-state index contributed by atoms with van der Waals surface area (Å²) in [6.07, 6.45) is 6.99. The first-order valence-electron chi connectivity index (χ1n) is 6.59. The van der Waals surface area contributed by atoms with E-state index in [1.54, 1.807) is 0 Å². The monoisotopic (exact) mass is 209 g/mol. The second-order valence-corrected chi connectivity index (χ2v) is 6.07. The van der Waals surface area contributed by atoms with E-state index in [2.05, 4.69) is 11.8 Å². The van der Waals surface area contributed by atoms with Crippen molar-refractivity contribution in [1.82, 2.24) is 4.90 Å². The number of piperidine rings is 1. The lowest BCUT2D eigenvalue weighted by atomic mass is 9.75. The van der Waals surface area contributed by atoms with Crippen molar-refractivity contribution in [3.8, 4) is 0 Å². The van der Waals surface area contributed by atoms with Crippen LogP contribution in [0.25, 0.3) is 0 Å². The molecule has 86 valence electrons.